The summed E-state index contributed by atoms with van der Waals surface area (Å²) in [5.74, 6) is -0.116. The van der Waals surface area contributed by atoms with Crippen LogP contribution in [0, 0.1) is 5.92 Å². The predicted molar refractivity (Wildman–Crippen MR) is 63.0 cm³/mol. The van der Waals surface area contributed by atoms with E-state index in [0.717, 1.165) is 12.1 Å². The smallest absolute Gasteiger partial charge is 0.111 e. The predicted octanol–water partition coefficient (Wildman–Crippen LogP) is 0.817. The van der Waals surface area contributed by atoms with Crippen molar-refractivity contribution >= 4 is 0 Å². The number of likely N-dealkylation sites (N-methyl/N-ethyl adjacent to an activating group) is 1. The molecule has 1 aromatic rings. The average molecular weight is 221 g/mol. The molecule has 3 heteroatoms. The molecule has 1 aliphatic heterocycles. The van der Waals surface area contributed by atoms with Crippen LogP contribution >= 0.6 is 0 Å². The number of rotatable bonds is 2. The van der Waals surface area contributed by atoms with Crippen LogP contribution in [0.5, 0.6) is 0 Å². The molecule has 0 spiro atoms. The van der Waals surface area contributed by atoms with Gasteiger partial charge in [-0.3, -0.25) is 4.90 Å². The molecule has 1 aromatic carbocycles. The van der Waals surface area contributed by atoms with Crippen molar-refractivity contribution in [2.24, 2.45) is 5.92 Å². The first-order valence-corrected chi connectivity index (χ1v) is 5.69. The molecule has 1 fully saturated rings. The quantitative estimate of drug-likeness (QED) is 0.777. The Balaban J connectivity index is 2.42. The molecule has 88 valence electrons. The van der Waals surface area contributed by atoms with Crippen molar-refractivity contribution in [2.75, 3.05) is 20.2 Å². The first-order valence-electron chi connectivity index (χ1n) is 5.69. The van der Waals surface area contributed by atoms with Crippen LogP contribution in [-0.2, 0) is 5.60 Å². The molecule has 0 unspecified atom stereocenters. The van der Waals surface area contributed by atoms with E-state index in [1.807, 2.05) is 44.3 Å². The number of nitrogens with zero attached hydrogens (tertiary/aromatic N) is 1. The van der Waals surface area contributed by atoms with E-state index in [1.54, 1.807) is 0 Å². The molecule has 16 heavy (non-hydrogen) atoms. The van der Waals surface area contributed by atoms with Crippen LogP contribution in [0.2, 0.25) is 0 Å². The Bertz CT molecular complexity index is 354. The Hall–Kier alpha value is -0.900. The zero-order valence-electron chi connectivity index (χ0n) is 9.80. The summed E-state index contributed by atoms with van der Waals surface area (Å²) in [5, 5.41) is 20.3. The van der Waals surface area contributed by atoms with Crippen molar-refractivity contribution in [1.82, 2.24) is 4.90 Å². The van der Waals surface area contributed by atoms with Crippen LogP contribution in [-0.4, -0.2) is 41.4 Å². The van der Waals surface area contributed by atoms with Crippen LogP contribution in [0.1, 0.15) is 12.5 Å². The lowest BCUT2D eigenvalue weighted by Crippen LogP contribution is -2.43. The minimum absolute atomic E-state index is 0.0140. The summed E-state index contributed by atoms with van der Waals surface area (Å²) in [7, 11) is 1.98. The summed E-state index contributed by atoms with van der Waals surface area (Å²) < 4.78 is 0. The molecule has 0 radical (unpaired) electrons. The van der Waals surface area contributed by atoms with E-state index in [-0.39, 0.29) is 18.6 Å². The summed E-state index contributed by atoms with van der Waals surface area (Å²) in [4.78, 5) is 2.09. The lowest BCUT2D eigenvalue weighted by atomic mass is 9.80. The molecule has 3 atom stereocenters. The Morgan fingerprint density at radius 1 is 1.38 bits per heavy atom. The van der Waals surface area contributed by atoms with Crippen molar-refractivity contribution in [2.45, 2.75) is 18.6 Å². The van der Waals surface area contributed by atoms with E-state index >= 15 is 0 Å². The Labute approximate surface area is 96.3 Å². The fraction of sp³-hybridized carbons (Fsp3) is 0.538. The summed E-state index contributed by atoms with van der Waals surface area (Å²) in [6.45, 7) is 2.74. The van der Waals surface area contributed by atoms with Crippen LogP contribution < -0.4 is 0 Å². The van der Waals surface area contributed by atoms with Crippen LogP contribution in [0.15, 0.2) is 30.3 Å². The standard InChI is InChI=1S/C13H19NO2/c1-10-13(16,11-6-4-3-5-7-11)12(9-15)8-14(10)2/h3-7,10,12,15-16H,8-9H2,1-2H3/t10-,12+,13-/m0/s1. The molecule has 0 amide bonds. The monoisotopic (exact) mass is 221 g/mol. The summed E-state index contributed by atoms with van der Waals surface area (Å²) in [5.41, 5.74) is -0.0454. The number of aliphatic hydroxyl groups excluding tert-OH is 1. The van der Waals surface area contributed by atoms with Crippen molar-refractivity contribution < 1.29 is 10.2 Å². The summed E-state index contributed by atoms with van der Waals surface area (Å²) in [6.07, 6.45) is 0. The maximum absolute atomic E-state index is 10.9. The molecule has 0 bridgehead atoms. The largest absolute Gasteiger partial charge is 0.396 e. The van der Waals surface area contributed by atoms with Crippen molar-refractivity contribution in [3.05, 3.63) is 35.9 Å². The van der Waals surface area contributed by atoms with Crippen molar-refractivity contribution in [3.63, 3.8) is 0 Å². The fourth-order valence-corrected chi connectivity index (χ4v) is 2.70. The number of benzene rings is 1. The highest BCUT2D eigenvalue weighted by molar-refractivity contribution is 5.27. The SMILES string of the molecule is C[C@@H]1N(C)C[C@H](CO)[C@@]1(O)c1ccccc1. The Morgan fingerprint density at radius 2 is 2.00 bits per heavy atom. The molecule has 3 nitrogen and oxygen atoms in total. The van der Waals surface area contributed by atoms with E-state index in [9.17, 15) is 10.2 Å². The maximum Gasteiger partial charge on any atom is 0.111 e. The van der Waals surface area contributed by atoms with Crippen LogP contribution in [0.4, 0.5) is 0 Å². The van der Waals surface area contributed by atoms with Gasteiger partial charge in [0.15, 0.2) is 0 Å². The summed E-state index contributed by atoms with van der Waals surface area (Å²) >= 11 is 0. The third-order valence-electron chi connectivity index (χ3n) is 3.89. The van der Waals surface area contributed by atoms with Gasteiger partial charge in [-0.25, -0.2) is 0 Å². The van der Waals surface area contributed by atoms with Gasteiger partial charge in [0.25, 0.3) is 0 Å². The average Bonchev–Trinajstić information content (AvgIpc) is 2.55. The molecule has 0 saturated carbocycles. The second kappa shape index (κ2) is 4.17. The van der Waals surface area contributed by atoms with Gasteiger partial charge in [-0.1, -0.05) is 30.3 Å². The van der Waals surface area contributed by atoms with E-state index in [1.165, 1.54) is 0 Å². The normalized spacial score (nSPS) is 35.5. The van der Waals surface area contributed by atoms with Gasteiger partial charge < -0.3 is 10.2 Å². The molecule has 2 rings (SSSR count). The number of aliphatic hydroxyl groups is 2. The zero-order valence-corrected chi connectivity index (χ0v) is 9.80. The Morgan fingerprint density at radius 3 is 2.56 bits per heavy atom. The fourth-order valence-electron chi connectivity index (χ4n) is 2.70. The van der Waals surface area contributed by atoms with Gasteiger partial charge in [0.1, 0.15) is 5.60 Å². The van der Waals surface area contributed by atoms with Gasteiger partial charge in [0, 0.05) is 18.5 Å². The molecule has 1 aliphatic rings. The van der Waals surface area contributed by atoms with E-state index in [2.05, 4.69) is 4.90 Å². The summed E-state index contributed by atoms with van der Waals surface area (Å²) in [6, 6.07) is 9.66. The molecular weight excluding hydrogens is 202 g/mol. The van der Waals surface area contributed by atoms with E-state index in [4.69, 9.17) is 0 Å². The topological polar surface area (TPSA) is 43.7 Å². The number of likely N-dealkylation sites (tertiary alicyclic amines) is 1. The molecule has 1 heterocycles. The third-order valence-corrected chi connectivity index (χ3v) is 3.89. The van der Waals surface area contributed by atoms with Gasteiger partial charge in [0.2, 0.25) is 0 Å². The van der Waals surface area contributed by atoms with Gasteiger partial charge in [-0.05, 0) is 19.5 Å². The molecular formula is C13H19NO2. The first kappa shape index (κ1) is 11.6. The van der Waals surface area contributed by atoms with Gasteiger partial charge >= 0.3 is 0 Å². The van der Waals surface area contributed by atoms with Gasteiger partial charge in [0.05, 0.1) is 6.61 Å². The molecule has 1 saturated heterocycles. The van der Waals surface area contributed by atoms with Crippen molar-refractivity contribution in [3.8, 4) is 0 Å². The second-order valence-electron chi connectivity index (χ2n) is 4.69. The lowest BCUT2D eigenvalue weighted by Gasteiger charge is -2.33. The third kappa shape index (κ3) is 1.56. The zero-order chi connectivity index (χ0) is 11.8. The van der Waals surface area contributed by atoms with Crippen LogP contribution in [0.25, 0.3) is 0 Å². The van der Waals surface area contributed by atoms with E-state index in [0.29, 0.717) is 0 Å². The Kier molecular flexibility index (Phi) is 3.02. The van der Waals surface area contributed by atoms with Crippen LogP contribution in [0.3, 0.4) is 0 Å². The van der Waals surface area contributed by atoms with Crippen molar-refractivity contribution in [1.29, 1.82) is 0 Å². The molecule has 0 aromatic heterocycles. The minimum atomic E-state index is -0.940. The first-order chi connectivity index (χ1) is 7.60. The molecule has 0 aliphatic carbocycles. The highest BCUT2D eigenvalue weighted by Crippen LogP contribution is 2.40. The van der Waals surface area contributed by atoms with E-state index < -0.39 is 5.60 Å². The maximum atomic E-state index is 10.9. The van der Waals surface area contributed by atoms with Gasteiger partial charge in [-0.2, -0.15) is 0 Å². The second-order valence-corrected chi connectivity index (χ2v) is 4.69. The highest BCUT2D eigenvalue weighted by atomic mass is 16.3. The minimum Gasteiger partial charge on any atom is -0.396 e. The highest BCUT2D eigenvalue weighted by Gasteiger charge is 2.50. The number of hydrogen-bond donors (Lipinski definition) is 2. The number of hydrogen-bond acceptors (Lipinski definition) is 3. The van der Waals surface area contributed by atoms with Gasteiger partial charge in [-0.15, -0.1) is 0 Å². The lowest BCUT2D eigenvalue weighted by molar-refractivity contribution is -0.0382. The molecule has 2 N–H and O–H groups in total.